The maximum absolute atomic E-state index is 12.9. The second-order valence-electron chi connectivity index (χ2n) is 7.69. The number of carbonyl (C=O) groups excluding carboxylic acids is 1. The summed E-state index contributed by atoms with van der Waals surface area (Å²) in [7, 11) is -3.55. The van der Waals surface area contributed by atoms with Crippen LogP contribution in [0.3, 0.4) is 0 Å². The van der Waals surface area contributed by atoms with Crippen molar-refractivity contribution in [1.82, 2.24) is 19.8 Å². The van der Waals surface area contributed by atoms with E-state index in [2.05, 4.69) is 15.5 Å². The predicted molar refractivity (Wildman–Crippen MR) is 120 cm³/mol. The summed E-state index contributed by atoms with van der Waals surface area (Å²) in [5.41, 5.74) is 1.39. The molecule has 10 heteroatoms. The molecule has 168 valence electrons. The molecule has 0 saturated carbocycles. The van der Waals surface area contributed by atoms with Gasteiger partial charge in [-0.25, -0.2) is 8.42 Å². The van der Waals surface area contributed by atoms with Gasteiger partial charge in [-0.15, -0.1) is 0 Å². The van der Waals surface area contributed by atoms with Crippen molar-refractivity contribution in [3.05, 3.63) is 65.1 Å². The number of aryl methyl sites for hydroxylation is 1. The molecule has 1 aliphatic rings. The highest BCUT2D eigenvalue weighted by molar-refractivity contribution is 7.89. The minimum absolute atomic E-state index is 0.170. The maximum atomic E-state index is 12.9. The van der Waals surface area contributed by atoms with Gasteiger partial charge in [-0.05, 0) is 43.9 Å². The standard InChI is InChI=1S/C22H23ClN4O4S/c1-15-20(21(26-31-15)18-6-2-3-7-19(18)23)22(28)25-13-16-8-11-27(12-9-16)32(29,30)17-5-4-10-24-14-17/h2-7,10,14,16H,8-9,11-13H2,1H3,(H,25,28). The van der Waals surface area contributed by atoms with Crippen LogP contribution in [0.15, 0.2) is 58.2 Å². The summed E-state index contributed by atoms with van der Waals surface area (Å²) >= 11 is 6.27. The second-order valence-corrected chi connectivity index (χ2v) is 10.0. The van der Waals surface area contributed by atoms with Crippen molar-refractivity contribution in [3.8, 4) is 11.3 Å². The van der Waals surface area contributed by atoms with Crippen molar-refractivity contribution in [2.75, 3.05) is 19.6 Å². The largest absolute Gasteiger partial charge is 0.360 e. The van der Waals surface area contributed by atoms with E-state index < -0.39 is 10.0 Å². The number of nitrogens with one attached hydrogen (secondary N) is 1. The summed E-state index contributed by atoms with van der Waals surface area (Å²) in [5, 5.41) is 7.46. The smallest absolute Gasteiger partial charge is 0.257 e. The molecule has 0 radical (unpaired) electrons. The molecular weight excluding hydrogens is 452 g/mol. The molecule has 0 atom stereocenters. The lowest BCUT2D eigenvalue weighted by molar-refractivity contribution is 0.0940. The second kappa shape index (κ2) is 9.40. The van der Waals surface area contributed by atoms with Crippen LogP contribution >= 0.6 is 11.6 Å². The number of sulfonamides is 1. The van der Waals surface area contributed by atoms with Crippen LogP contribution in [-0.4, -0.2) is 48.4 Å². The molecule has 3 aromatic rings. The molecule has 8 nitrogen and oxygen atoms in total. The molecular formula is C22H23ClN4O4S. The summed E-state index contributed by atoms with van der Waals surface area (Å²) < 4.78 is 32.2. The molecule has 1 aliphatic heterocycles. The average molecular weight is 475 g/mol. The van der Waals surface area contributed by atoms with Crippen molar-refractivity contribution < 1.29 is 17.7 Å². The molecule has 1 saturated heterocycles. The van der Waals surface area contributed by atoms with Crippen LogP contribution < -0.4 is 5.32 Å². The fourth-order valence-corrected chi connectivity index (χ4v) is 5.46. The number of rotatable bonds is 6. The minimum Gasteiger partial charge on any atom is -0.360 e. The lowest BCUT2D eigenvalue weighted by atomic mass is 9.98. The molecule has 32 heavy (non-hydrogen) atoms. The molecule has 1 aromatic carbocycles. The number of carbonyl (C=O) groups is 1. The van der Waals surface area contributed by atoms with Crippen LogP contribution in [0.2, 0.25) is 5.02 Å². The van der Waals surface area contributed by atoms with Gasteiger partial charge in [0, 0.05) is 37.6 Å². The van der Waals surface area contributed by atoms with E-state index in [-0.39, 0.29) is 16.7 Å². The molecule has 1 fully saturated rings. The average Bonchev–Trinajstić information content (AvgIpc) is 3.20. The third-order valence-corrected chi connectivity index (χ3v) is 7.83. The molecule has 0 bridgehead atoms. The first-order chi connectivity index (χ1) is 15.4. The van der Waals surface area contributed by atoms with Gasteiger partial charge in [-0.2, -0.15) is 4.31 Å². The van der Waals surface area contributed by atoms with E-state index in [4.69, 9.17) is 16.1 Å². The molecule has 3 heterocycles. The number of halogens is 1. The summed E-state index contributed by atoms with van der Waals surface area (Å²) in [4.78, 5) is 17.0. The van der Waals surface area contributed by atoms with Gasteiger partial charge in [0.05, 0.1) is 5.02 Å². The van der Waals surface area contributed by atoms with Crippen LogP contribution in [0.4, 0.5) is 0 Å². The Labute approximate surface area is 191 Å². The fraction of sp³-hybridized carbons (Fsp3) is 0.318. The van der Waals surface area contributed by atoms with Crippen molar-refractivity contribution >= 4 is 27.5 Å². The molecule has 2 aromatic heterocycles. The van der Waals surface area contributed by atoms with Gasteiger partial charge < -0.3 is 9.84 Å². The highest BCUT2D eigenvalue weighted by atomic mass is 35.5. The van der Waals surface area contributed by atoms with Crippen molar-refractivity contribution in [3.63, 3.8) is 0 Å². The molecule has 0 unspecified atom stereocenters. The number of nitrogens with zero attached hydrogens (tertiary/aromatic N) is 3. The Balaban J connectivity index is 1.38. The summed E-state index contributed by atoms with van der Waals surface area (Å²) in [6, 6.07) is 10.3. The van der Waals surface area contributed by atoms with E-state index in [0.29, 0.717) is 60.1 Å². The summed E-state index contributed by atoms with van der Waals surface area (Å²) in [6.45, 7) is 2.92. The van der Waals surface area contributed by atoms with Crippen molar-refractivity contribution in [2.24, 2.45) is 5.92 Å². The third kappa shape index (κ3) is 4.55. The van der Waals surface area contributed by atoms with Crippen LogP contribution in [0, 0.1) is 12.8 Å². The zero-order valence-electron chi connectivity index (χ0n) is 17.5. The number of pyridine rings is 1. The Kier molecular flexibility index (Phi) is 6.59. The Morgan fingerprint density at radius 1 is 1.22 bits per heavy atom. The molecule has 1 N–H and O–H groups in total. The number of aromatic nitrogens is 2. The lowest BCUT2D eigenvalue weighted by Gasteiger charge is -2.31. The van der Waals surface area contributed by atoms with Gasteiger partial charge in [0.15, 0.2) is 0 Å². The number of hydrogen-bond donors (Lipinski definition) is 1. The van der Waals surface area contributed by atoms with Crippen LogP contribution in [0.1, 0.15) is 29.0 Å². The first kappa shape index (κ1) is 22.4. The zero-order valence-corrected chi connectivity index (χ0v) is 19.1. The Morgan fingerprint density at radius 3 is 2.66 bits per heavy atom. The first-order valence-electron chi connectivity index (χ1n) is 10.3. The van der Waals surface area contributed by atoms with Crippen LogP contribution in [0.25, 0.3) is 11.3 Å². The topological polar surface area (TPSA) is 105 Å². The quantitative estimate of drug-likeness (QED) is 0.585. The van der Waals surface area contributed by atoms with Crippen LogP contribution in [0.5, 0.6) is 0 Å². The van der Waals surface area contributed by atoms with E-state index in [1.165, 1.54) is 10.5 Å². The fourth-order valence-electron chi connectivity index (χ4n) is 3.80. The van der Waals surface area contributed by atoms with E-state index in [1.54, 1.807) is 43.5 Å². The molecule has 1 amide bonds. The van der Waals surface area contributed by atoms with E-state index >= 15 is 0 Å². The van der Waals surface area contributed by atoms with Gasteiger partial charge in [0.2, 0.25) is 10.0 Å². The third-order valence-electron chi connectivity index (χ3n) is 5.62. The number of amides is 1. The Hall–Kier alpha value is -2.75. The summed E-state index contributed by atoms with van der Waals surface area (Å²) in [5.74, 6) is 0.294. The number of piperidine rings is 1. The monoisotopic (exact) mass is 474 g/mol. The first-order valence-corrected chi connectivity index (χ1v) is 12.1. The van der Waals surface area contributed by atoms with Crippen molar-refractivity contribution in [2.45, 2.75) is 24.7 Å². The lowest BCUT2D eigenvalue weighted by Crippen LogP contribution is -2.41. The van der Waals surface area contributed by atoms with Gasteiger partial charge in [0.1, 0.15) is 21.9 Å². The Bertz CT molecular complexity index is 1210. The maximum Gasteiger partial charge on any atom is 0.257 e. The predicted octanol–water partition coefficient (Wildman–Crippen LogP) is 3.53. The van der Waals surface area contributed by atoms with E-state index in [9.17, 15) is 13.2 Å². The number of benzene rings is 1. The molecule has 0 aliphatic carbocycles. The SMILES string of the molecule is Cc1onc(-c2ccccc2Cl)c1C(=O)NCC1CCN(S(=O)(=O)c2cccnc2)CC1. The van der Waals surface area contributed by atoms with E-state index in [0.717, 1.165) is 0 Å². The zero-order chi connectivity index (χ0) is 22.7. The molecule has 4 rings (SSSR count). The van der Waals surface area contributed by atoms with Gasteiger partial charge >= 0.3 is 0 Å². The van der Waals surface area contributed by atoms with Gasteiger partial charge in [-0.3, -0.25) is 9.78 Å². The Morgan fingerprint density at radius 2 is 1.97 bits per heavy atom. The number of hydrogen-bond acceptors (Lipinski definition) is 6. The highest BCUT2D eigenvalue weighted by Gasteiger charge is 2.30. The van der Waals surface area contributed by atoms with E-state index in [1.807, 2.05) is 6.07 Å². The van der Waals surface area contributed by atoms with Gasteiger partial charge in [0.25, 0.3) is 5.91 Å². The highest BCUT2D eigenvalue weighted by Crippen LogP contribution is 2.31. The van der Waals surface area contributed by atoms with Gasteiger partial charge in [-0.1, -0.05) is 35.0 Å². The minimum atomic E-state index is -3.55. The molecule has 0 spiro atoms. The van der Waals surface area contributed by atoms with Crippen molar-refractivity contribution in [1.29, 1.82) is 0 Å². The van der Waals surface area contributed by atoms with Crippen LogP contribution in [-0.2, 0) is 10.0 Å². The normalized spacial score (nSPS) is 15.6. The summed E-state index contributed by atoms with van der Waals surface area (Å²) in [6.07, 6.45) is 4.21.